The molecule has 2 aliphatic rings. The number of fused-ring (bicyclic) bond motifs is 1. The summed E-state index contributed by atoms with van der Waals surface area (Å²) < 4.78 is 5.27. The molecule has 1 aromatic heterocycles. The summed E-state index contributed by atoms with van der Waals surface area (Å²) in [6.45, 7) is 4.92. The highest BCUT2D eigenvalue weighted by atomic mass is 16.5. The normalized spacial score (nSPS) is 17.1. The van der Waals surface area contributed by atoms with Crippen molar-refractivity contribution in [3.8, 4) is 5.75 Å². The van der Waals surface area contributed by atoms with Crippen molar-refractivity contribution in [2.45, 2.75) is 26.2 Å². The monoisotopic (exact) mass is 366 g/mol. The molecule has 0 saturated carbocycles. The van der Waals surface area contributed by atoms with Gasteiger partial charge in [-0.25, -0.2) is 4.98 Å². The quantitative estimate of drug-likeness (QED) is 0.851. The number of carbonyl (C=O) groups is 1. The summed E-state index contributed by atoms with van der Waals surface area (Å²) in [4.78, 5) is 19.0. The molecule has 1 saturated heterocycles. The number of rotatable bonds is 5. The predicted octanol–water partition coefficient (Wildman–Crippen LogP) is 3.03. The first-order valence-electron chi connectivity index (χ1n) is 9.55. The number of pyridine rings is 1. The molecular weight excluding hydrogens is 340 g/mol. The minimum Gasteiger partial charge on any atom is -0.497 e. The minimum atomic E-state index is 0.183. The second-order valence-electron chi connectivity index (χ2n) is 7.38. The number of piperidine rings is 1. The Kier molecular flexibility index (Phi) is 4.99. The number of hydrogen-bond donors (Lipinski definition) is 2. The van der Waals surface area contributed by atoms with E-state index in [1.807, 2.05) is 42.3 Å². The Morgan fingerprint density at radius 1 is 1.30 bits per heavy atom. The van der Waals surface area contributed by atoms with Gasteiger partial charge >= 0.3 is 0 Å². The van der Waals surface area contributed by atoms with Crippen molar-refractivity contribution in [2.24, 2.45) is 5.92 Å². The van der Waals surface area contributed by atoms with Gasteiger partial charge in [-0.15, -0.1) is 0 Å². The molecule has 3 heterocycles. The van der Waals surface area contributed by atoms with Gasteiger partial charge in [0, 0.05) is 30.1 Å². The summed E-state index contributed by atoms with van der Waals surface area (Å²) >= 11 is 0. The van der Waals surface area contributed by atoms with Crippen LogP contribution in [0.15, 0.2) is 30.5 Å². The van der Waals surface area contributed by atoms with Crippen LogP contribution in [-0.2, 0) is 11.2 Å². The molecule has 1 aromatic carbocycles. The fourth-order valence-corrected chi connectivity index (χ4v) is 3.89. The van der Waals surface area contributed by atoms with Gasteiger partial charge in [0.1, 0.15) is 11.6 Å². The van der Waals surface area contributed by atoms with E-state index in [-0.39, 0.29) is 5.91 Å². The number of aryl methyl sites for hydroxylation is 1. The second kappa shape index (κ2) is 7.56. The van der Waals surface area contributed by atoms with E-state index >= 15 is 0 Å². The van der Waals surface area contributed by atoms with Crippen LogP contribution in [0.4, 0.5) is 17.2 Å². The molecule has 0 bridgehead atoms. The minimum absolute atomic E-state index is 0.183. The Labute approximate surface area is 159 Å². The molecule has 1 fully saturated rings. The van der Waals surface area contributed by atoms with E-state index in [0.717, 1.165) is 66.5 Å². The van der Waals surface area contributed by atoms with Crippen LogP contribution in [0.2, 0.25) is 0 Å². The Hall–Kier alpha value is -2.60. The van der Waals surface area contributed by atoms with Crippen molar-refractivity contribution in [2.75, 3.05) is 37.0 Å². The molecule has 142 valence electrons. The highest BCUT2D eigenvalue weighted by molar-refractivity contribution is 6.01. The highest BCUT2D eigenvalue weighted by Crippen LogP contribution is 2.33. The average Bonchev–Trinajstić information content (AvgIpc) is 2.99. The van der Waals surface area contributed by atoms with E-state index in [4.69, 9.17) is 4.74 Å². The van der Waals surface area contributed by atoms with Crippen molar-refractivity contribution in [3.05, 3.63) is 41.6 Å². The average molecular weight is 366 g/mol. The van der Waals surface area contributed by atoms with Gasteiger partial charge in [0.05, 0.1) is 19.2 Å². The number of carbonyl (C=O) groups excluding carboxylic acids is 1. The van der Waals surface area contributed by atoms with Gasteiger partial charge in [-0.2, -0.15) is 0 Å². The maximum Gasteiger partial charge on any atom is 0.231 e. The molecule has 0 atom stereocenters. The largest absolute Gasteiger partial charge is 0.497 e. The van der Waals surface area contributed by atoms with Crippen LogP contribution in [0.3, 0.4) is 0 Å². The van der Waals surface area contributed by atoms with Crippen molar-refractivity contribution in [1.82, 2.24) is 10.3 Å². The first kappa shape index (κ1) is 17.8. The predicted molar refractivity (Wildman–Crippen MR) is 107 cm³/mol. The zero-order chi connectivity index (χ0) is 18.8. The number of hydrogen-bond acceptors (Lipinski definition) is 5. The Bertz CT molecular complexity index is 846. The number of benzene rings is 1. The summed E-state index contributed by atoms with van der Waals surface area (Å²) in [5.74, 6) is 2.34. The number of nitrogens with zero attached hydrogens (tertiary/aromatic N) is 2. The van der Waals surface area contributed by atoms with Gasteiger partial charge in [0.2, 0.25) is 5.91 Å². The zero-order valence-electron chi connectivity index (χ0n) is 15.9. The van der Waals surface area contributed by atoms with E-state index in [9.17, 15) is 4.79 Å². The third-order valence-corrected chi connectivity index (χ3v) is 5.49. The number of methoxy groups -OCH3 is 1. The Morgan fingerprint density at radius 2 is 2.11 bits per heavy atom. The first-order valence-corrected chi connectivity index (χ1v) is 9.55. The lowest BCUT2D eigenvalue weighted by Gasteiger charge is -2.28. The van der Waals surface area contributed by atoms with Gasteiger partial charge in [-0.05, 0) is 62.5 Å². The van der Waals surface area contributed by atoms with Crippen molar-refractivity contribution in [1.29, 1.82) is 0 Å². The molecule has 1 amide bonds. The highest BCUT2D eigenvalue weighted by Gasteiger charge is 2.30. The lowest BCUT2D eigenvalue weighted by atomic mass is 9.97. The van der Waals surface area contributed by atoms with Gasteiger partial charge in [-0.1, -0.05) is 0 Å². The topological polar surface area (TPSA) is 66.5 Å². The molecule has 6 nitrogen and oxygen atoms in total. The van der Waals surface area contributed by atoms with Crippen molar-refractivity contribution >= 4 is 23.1 Å². The van der Waals surface area contributed by atoms with Crippen molar-refractivity contribution in [3.63, 3.8) is 0 Å². The van der Waals surface area contributed by atoms with E-state index in [1.54, 1.807) is 7.11 Å². The molecule has 0 aliphatic carbocycles. The molecule has 6 heteroatoms. The molecule has 0 unspecified atom stereocenters. The summed E-state index contributed by atoms with van der Waals surface area (Å²) in [5, 5.41) is 6.77. The number of aromatic nitrogens is 1. The Balaban J connectivity index is 1.54. The molecular formula is C21H26N4O2. The van der Waals surface area contributed by atoms with E-state index in [0.29, 0.717) is 12.3 Å². The fourth-order valence-electron chi connectivity index (χ4n) is 3.89. The van der Waals surface area contributed by atoms with Crippen LogP contribution in [0.5, 0.6) is 5.75 Å². The fraction of sp³-hybridized carbons (Fsp3) is 0.429. The van der Waals surface area contributed by atoms with Gasteiger partial charge < -0.3 is 20.3 Å². The van der Waals surface area contributed by atoms with Gasteiger partial charge in [0.15, 0.2) is 0 Å². The molecule has 2 aromatic rings. The molecule has 2 N–H and O–H groups in total. The van der Waals surface area contributed by atoms with Crippen LogP contribution in [0, 0.1) is 12.8 Å². The molecule has 4 rings (SSSR count). The summed E-state index contributed by atoms with van der Waals surface area (Å²) in [6.07, 6.45) is 4.53. The summed E-state index contributed by atoms with van der Waals surface area (Å²) in [5.41, 5.74) is 4.09. The zero-order valence-corrected chi connectivity index (χ0v) is 15.9. The molecule has 0 radical (unpaired) electrons. The maximum atomic E-state index is 12.5. The smallest absolute Gasteiger partial charge is 0.231 e. The van der Waals surface area contributed by atoms with Crippen LogP contribution < -0.4 is 20.3 Å². The number of amides is 1. The first-order chi connectivity index (χ1) is 13.1. The third kappa shape index (κ3) is 3.76. The molecule has 27 heavy (non-hydrogen) atoms. The number of ether oxygens (including phenoxy) is 1. The molecule has 0 spiro atoms. The number of anilines is 3. The van der Waals surface area contributed by atoms with E-state index < -0.39 is 0 Å². The lowest BCUT2D eigenvalue weighted by Crippen LogP contribution is -2.37. The molecule has 2 aliphatic heterocycles. The second-order valence-corrected chi connectivity index (χ2v) is 7.38. The SMILES string of the molecule is COc1ccc(Nc2cc3c(cn2)CC(=O)N3CC2CCNCC2)c(C)c1. The van der Waals surface area contributed by atoms with Crippen LogP contribution in [-0.4, -0.2) is 37.6 Å². The van der Waals surface area contributed by atoms with Gasteiger partial charge in [0.25, 0.3) is 0 Å². The van der Waals surface area contributed by atoms with Crippen LogP contribution in [0.1, 0.15) is 24.0 Å². The summed E-state index contributed by atoms with van der Waals surface area (Å²) in [7, 11) is 1.66. The van der Waals surface area contributed by atoms with Gasteiger partial charge in [-0.3, -0.25) is 4.79 Å². The number of nitrogens with one attached hydrogen (secondary N) is 2. The summed E-state index contributed by atoms with van der Waals surface area (Å²) in [6, 6.07) is 7.91. The van der Waals surface area contributed by atoms with E-state index in [2.05, 4.69) is 15.6 Å². The van der Waals surface area contributed by atoms with Crippen LogP contribution >= 0.6 is 0 Å². The standard InChI is InChI=1S/C21H26N4O2/c1-14-9-17(27-2)3-4-18(14)24-20-11-19-16(12-23-20)10-21(26)25(19)13-15-5-7-22-8-6-15/h3-4,9,11-12,15,22H,5-8,10,13H2,1-2H3,(H,23,24). The lowest BCUT2D eigenvalue weighted by molar-refractivity contribution is -0.117. The maximum absolute atomic E-state index is 12.5. The van der Waals surface area contributed by atoms with E-state index in [1.165, 1.54) is 0 Å². The third-order valence-electron chi connectivity index (χ3n) is 5.49. The van der Waals surface area contributed by atoms with Crippen molar-refractivity contribution < 1.29 is 9.53 Å². The Morgan fingerprint density at radius 3 is 2.85 bits per heavy atom. The van der Waals surface area contributed by atoms with Crippen LogP contribution in [0.25, 0.3) is 0 Å².